The van der Waals surface area contributed by atoms with Crippen LogP contribution in [0.25, 0.3) is 11.3 Å². The summed E-state index contributed by atoms with van der Waals surface area (Å²) in [5, 5.41) is 3.95. The summed E-state index contributed by atoms with van der Waals surface area (Å²) < 4.78 is 16.8. The molecule has 2 aromatic carbocycles. The summed E-state index contributed by atoms with van der Waals surface area (Å²) in [6.07, 6.45) is 1.59. The number of carbonyl (C=O) groups excluding carboxylic acids is 3. The SMILES string of the molecule is CCCOc1ccc(N2C(=O)C(=O)N(Cc3cc(-c4ccccc4)on3)C2=O)cc1OCCC. The molecule has 1 aliphatic heterocycles. The van der Waals surface area contributed by atoms with Crippen LogP contribution in [0, 0.1) is 0 Å². The van der Waals surface area contributed by atoms with E-state index in [-0.39, 0.29) is 12.2 Å². The van der Waals surface area contributed by atoms with Gasteiger partial charge in [-0.1, -0.05) is 49.3 Å². The average molecular weight is 463 g/mol. The lowest BCUT2D eigenvalue weighted by Gasteiger charge is -2.18. The number of rotatable bonds is 10. The number of amides is 4. The highest BCUT2D eigenvalue weighted by atomic mass is 16.5. The fraction of sp³-hybridized carbons (Fsp3) is 0.280. The van der Waals surface area contributed by atoms with Crippen LogP contribution in [-0.4, -0.2) is 41.1 Å². The molecule has 3 aromatic rings. The first kappa shape index (κ1) is 23.0. The zero-order chi connectivity index (χ0) is 24.1. The molecule has 176 valence electrons. The number of hydrogen-bond acceptors (Lipinski definition) is 7. The summed E-state index contributed by atoms with van der Waals surface area (Å²) in [7, 11) is 0. The molecule has 9 heteroatoms. The molecular formula is C25H25N3O6. The van der Waals surface area contributed by atoms with Gasteiger partial charge in [-0.2, -0.15) is 0 Å². The maximum absolute atomic E-state index is 13.1. The maximum Gasteiger partial charge on any atom is 0.339 e. The third-order valence-corrected chi connectivity index (χ3v) is 5.10. The zero-order valence-electron chi connectivity index (χ0n) is 19.0. The number of carbonyl (C=O) groups is 3. The summed E-state index contributed by atoms with van der Waals surface area (Å²) in [5.74, 6) is -0.462. The van der Waals surface area contributed by atoms with Crippen molar-refractivity contribution in [3.05, 3.63) is 60.3 Å². The molecule has 0 spiro atoms. The molecule has 0 bridgehead atoms. The number of hydrogen-bond donors (Lipinski definition) is 0. The number of anilines is 1. The Bertz CT molecular complexity index is 1190. The summed E-state index contributed by atoms with van der Waals surface area (Å²) in [5.41, 5.74) is 1.39. The molecule has 0 radical (unpaired) electrons. The normalized spacial score (nSPS) is 13.6. The van der Waals surface area contributed by atoms with E-state index in [1.807, 2.05) is 44.2 Å². The van der Waals surface area contributed by atoms with E-state index in [2.05, 4.69) is 5.16 Å². The van der Waals surface area contributed by atoms with Crippen LogP contribution < -0.4 is 14.4 Å². The lowest BCUT2D eigenvalue weighted by molar-refractivity contribution is -0.139. The summed E-state index contributed by atoms with van der Waals surface area (Å²) in [6.45, 7) is 4.70. The first-order chi connectivity index (χ1) is 16.5. The van der Waals surface area contributed by atoms with Gasteiger partial charge in [0.25, 0.3) is 0 Å². The van der Waals surface area contributed by atoms with Gasteiger partial charge in [-0.25, -0.2) is 14.6 Å². The molecule has 1 aromatic heterocycles. The molecule has 4 rings (SSSR count). The van der Waals surface area contributed by atoms with Crippen LogP contribution in [0.15, 0.2) is 59.1 Å². The van der Waals surface area contributed by atoms with Crippen molar-refractivity contribution >= 4 is 23.5 Å². The number of benzene rings is 2. The lowest BCUT2D eigenvalue weighted by Crippen LogP contribution is -2.33. The molecule has 1 saturated heterocycles. The monoisotopic (exact) mass is 463 g/mol. The Morgan fingerprint density at radius 2 is 1.56 bits per heavy atom. The highest BCUT2D eigenvalue weighted by Crippen LogP contribution is 2.34. The van der Waals surface area contributed by atoms with Crippen molar-refractivity contribution in [1.29, 1.82) is 0 Å². The van der Waals surface area contributed by atoms with Gasteiger partial charge in [0, 0.05) is 17.7 Å². The molecule has 0 unspecified atom stereocenters. The highest BCUT2D eigenvalue weighted by Gasteiger charge is 2.46. The van der Waals surface area contributed by atoms with Crippen molar-refractivity contribution < 1.29 is 28.4 Å². The van der Waals surface area contributed by atoms with Gasteiger partial charge < -0.3 is 14.0 Å². The van der Waals surface area contributed by atoms with E-state index in [0.29, 0.717) is 36.2 Å². The Morgan fingerprint density at radius 1 is 0.853 bits per heavy atom. The minimum atomic E-state index is -0.944. The molecule has 9 nitrogen and oxygen atoms in total. The fourth-order valence-corrected chi connectivity index (χ4v) is 3.45. The predicted molar refractivity (Wildman–Crippen MR) is 123 cm³/mol. The van der Waals surface area contributed by atoms with Gasteiger partial charge in [-0.3, -0.25) is 9.59 Å². The molecule has 0 aliphatic carbocycles. The van der Waals surface area contributed by atoms with Crippen LogP contribution in [0.3, 0.4) is 0 Å². The standard InChI is InChI=1S/C25H25N3O6/c1-3-12-32-20-11-10-19(15-22(20)33-13-4-2)28-24(30)23(29)27(25(28)31)16-18-14-21(34-26-18)17-8-6-5-7-9-17/h5-11,14-15H,3-4,12-13,16H2,1-2H3. The Labute approximate surface area is 196 Å². The summed E-state index contributed by atoms with van der Waals surface area (Å²) in [6, 6.07) is 14.9. The van der Waals surface area contributed by atoms with Crippen molar-refractivity contribution in [2.75, 3.05) is 18.1 Å². The third-order valence-electron chi connectivity index (χ3n) is 5.10. The van der Waals surface area contributed by atoms with Crippen molar-refractivity contribution in [3.8, 4) is 22.8 Å². The Hall–Kier alpha value is -4.14. The quantitative estimate of drug-likeness (QED) is 0.324. The minimum Gasteiger partial charge on any atom is -0.490 e. The second-order valence-corrected chi connectivity index (χ2v) is 7.69. The molecule has 0 N–H and O–H groups in total. The Kier molecular flexibility index (Phi) is 6.91. The van der Waals surface area contributed by atoms with Gasteiger partial charge in [-0.15, -0.1) is 0 Å². The maximum atomic E-state index is 13.1. The first-order valence-corrected chi connectivity index (χ1v) is 11.1. The van der Waals surface area contributed by atoms with Crippen LogP contribution >= 0.6 is 0 Å². The second-order valence-electron chi connectivity index (χ2n) is 7.69. The van der Waals surface area contributed by atoms with E-state index < -0.39 is 17.8 Å². The zero-order valence-corrected chi connectivity index (χ0v) is 19.0. The minimum absolute atomic E-state index is 0.187. The van der Waals surface area contributed by atoms with Crippen LogP contribution in [-0.2, 0) is 16.1 Å². The van der Waals surface area contributed by atoms with Gasteiger partial charge in [0.2, 0.25) is 0 Å². The molecular weight excluding hydrogens is 438 g/mol. The highest BCUT2D eigenvalue weighted by molar-refractivity contribution is 6.52. The Balaban J connectivity index is 1.55. The van der Waals surface area contributed by atoms with Gasteiger partial charge >= 0.3 is 17.8 Å². The fourth-order valence-electron chi connectivity index (χ4n) is 3.45. The van der Waals surface area contributed by atoms with E-state index >= 15 is 0 Å². The number of urea groups is 1. The van der Waals surface area contributed by atoms with Crippen molar-refractivity contribution in [2.24, 2.45) is 0 Å². The Morgan fingerprint density at radius 3 is 2.26 bits per heavy atom. The van der Waals surface area contributed by atoms with Crippen LogP contribution in [0.1, 0.15) is 32.4 Å². The molecule has 1 fully saturated rings. The number of imide groups is 2. The van der Waals surface area contributed by atoms with Crippen LogP contribution in [0.4, 0.5) is 10.5 Å². The van der Waals surface area contributed by atoms with E-state index in [0.717, 1.165) is 28.2 Å². The largest absolute Gasteiger partial charge is 0.490 e. The second kappa shape index (κ2) is 10.2. The van der Waals surface area contributed by atoms with E-state index in [1.54, 1.807) is 18.2 Å². The molecule has 2 heterocycles. The summed E-state index contributed by atoms with van der Waals surface area (Å²) >= 11 is 0. The van der Waals surface area contributed by atoms with Crippen molar-refractivity contribution in [1.82, 2.24) is 10.1 Å². The van der Waals surface area contributed by atoms with E-state index in [4.69, 9.17) is 14.0 Å². The molecule has 0 atom stereocenters. The average Bonchev–Trinajstić information content (AvgIpc) is 3.41. The smallest absolute Gasteiger partial charge is 0.339 e. The van der Waals surface area contributed by atoms with Crippen molar-refractivity contribution in [2.45, 2.75) is 33.2 Å². The molecule has 4 amide bonds. The molecule has 34 heavy (non-hydrogen) atoms. The van der Waals surface area contributed by atoms with Gasteiger partial charge in [-0.05, 0) is 25.0 Å². The number of ether oxygens (including phenoxy) is 2. The van der Waals surface area contributed by atoms with Gasteiger partial charge in [0.05, 0.1) is 25.4 Å². The number of aromatic nitrogens is 1. The third kappa shape index (κ3) is 4.63. The molecule has 0 saturated carbocycles. The lowest BCUT2D eigenvalue weighted by atomic mass is 10.1. The molecule has 1 aliphatic rings. The van der Waals surface area contributed by atoms with Gasteiger partial charge in [0.15, 0.2) is 17.3 Å². The van der Waals surface area contributed by atoms with Gasteiger partial charge in [0.1, 0.15) is 5.69 Å². The van der Waals surface area contributed by atoms with E-state index in [1.165, 1.54) is 6.07 Å². The first-order valence-electron chi connectivity index (χ1n) is 11.1. The van der Waals surface area contributed by atoms with Crippen LogP contribution in [0.2, 0.25) is 0 Å². The summed E-state index contributed by atoms with van der Waals surface area (Å²) in [4.78, 5) is 40.1. The number of nitrogens with zero attached hydrogens (tertiary/aromatic N) is 3. The van der Waals surface area contributed by atoms with Crippen molar-refractivity contribution in [3.63, 3.8) is 0 Å². The topological polar surface area (TPSA) is 102 Å². The predicted octanol–water partition coefficient (Wildman–Crippen LogP) is 4.41. The van der Waals surface area contributed by atoms with Crippen LogP contribution in [0.5, 0.6) is 11.5 Å². The van der Waals surface area contributed by atoms with E-state index in [9.17, 15) is 14.4 Å².